The second-order valence-electron chi connectivity index (χ2n) is 12.5. The summed E-state index contributed by atoms with van der Waals surface area (Å²) in [6.07, 6.45) is 4.16. The standard InChI is InChI=1S/C29H43N5O5Si/c1-9-22-23(39-40(7,8)29(4,5)6)14-24(38-22)33-15-19(25-27(30)31-17-32-28(25)33)16-37-26(18(2)3)20-12-10-11-13-21(20)34(35)36/h10-13,15,17-18,22-24,26H,9,14,16H2,1-8H3,(H2,30,31,32)/t22-,23?,24-,26?/m1/s1. The number of hydrogen-bond donors (Lipinski definition) is 1. The third kappa shape index (κ3) is 5.92. The van der Waals surface area contributed by atoms with E-state index in [1.807, 2.05) is 24.6 Å². The monoisotopic (exact) mass is 569 g/mol. The number of benzene rings is 1. The quantitative estimate of drug-likeness (QED) is 0.158. The minimum Gasteiger partial charge on any atom is -0.411 e. The lowest BCUT2D eigenvalue weighted by Crippen LogP contribution is -2.45. The molecule has 1 fully saturated rings. The number of para-hydroxylation sites is 1. The number of hydrogen-bond acceptors (Lipinski definition) is 8. The highest BCUT2D eigenvalue weighted by Crippen LogP contribution is 2.43. The normalized spacial score (nSPS) is 20.9. The van der Waals surface area contributed by atoms with Crippen LogP contribution in [0.25, 0.3) is 11.0 Å². The molecule has 3 heterocycles. The van der Waals surface area contributed by atoms with Crippen LogP contribution in [0.1, 0.15) is 77.8 Å². The van der Waals surface area contributed by atoms with Crippen molar-refractivity contribution in [3.8, 4) is 0 Å². The Kier molecular flexibility index (Phi) is 8.70. The van der Waals surface area contributed by atoms with Crippen molar-refractivity contribution in [3.63, 3.8) is 0 Å². The van der Waals surface area contributed by atoms with E-state index in [1.165, 1.54) is 12.4 Å². The van der Waals surface area contributed by atoms with Gasteiger partial charge >= 0.3 is 0 Å². The molecule has 2 N–H and O–H groups in total. The molecule has 2 aromatic heterocycles. The second kappa shape index (κ2) is 11.6. The molecule has 0 spiro atoms. The van der Waals surface area contributed by atoms with Gasteiger partial charge in [-0.1, -0.05) is 53.7 Å². The Balaban J connectivity index is 1.65. The number of anilines is 1. The van der Waals surface area contributed by atoms with Crippen molar-refractivity contribution >= 4 is 30.9 Å². The maximum atomic E-state index is 11.7. The van der Waals surface area contributed by atoms with Gasteiger partial charge in [-0.3, -0.25) is 10.1 Å². The van der Waals surface area contributed by atoms with Gasteiger partial charge in [-0.25, -0.2) is 9.97 Å². The number of aromatic nitrogens is 3. The van der Waals surface area contributed by atoms with Crippen molar-refractivity contribution in [3.05, 3.63) is 58.0 Å². The summed E-state index contributed by atoms with van der Waals surface area (Å²) in [5.41, 5.74) is 8.43. The summed E-state index contributed by atoms with van der Waals surface area (Å²) in [7, 11) is -2.00. The molecule has 10 nitrogen and oxygen atoms in total. The molecule has 0 amide bonds. The summed E-state index contributed by atoms with van der Waals surface area (Å²) in [4.78, 5) is 20.1. The first-order chi connectivity index (χ1) is 18.7. The lowest BCUT2D eigenvalue weighted by molar-refractivity contribution is -0.386. The summed E-state index contributed by atoms with van der Waals surface area (Å²) in [5.74, 6) is 0.355. The molecular formula is C29H43N5O5Si. The second-order valence-corrected chi connectivity index (χ2v) is 17.3. The minimum absolute atomic E-state index is 0.000214. The number of nitrogen functional groups attached to an aromatic ring is 1. The topological polar surface area (TPSA) is 128 Å². The van der Waals surface area contributed by atoms with Crippen LogP contribution in [0, 0.1) is 16.0 Å². The number of nitrogens with two attached hydrogens (primary N) is 1. The van der Waals surface area contributed by atoms with Gasteiger partial charge in [0.05, 0.1) is 40.8 Å². The zero-order valence-corrected chi connectivity index (χ0v) is 25.9. The summed E-state index contributed by atoms with van der Waals surface area (Å²) < 4.78 is 21.8. The molecule has 4 rings (SSSR count). The molecule has 2 unspecified atom stereocenters. The van der Waals surface area contributed by atoms with Crippen LogP contribution in [0.2, 0.25) is 18.1 Å². The predicted molar refractivity (Wildman–Crippen MR) is 158 cm³/mol. The lowest BCUT2D eigenvalue weighted by atomic mass is 9.97. The minimum atomic E-state index is -2.00. The van der Waals surface area contributed by atoms with Crippen LogP contribution >= 0.6 is 0 Å². The molecule has 0 bridgehead atoms. The van der Waals surface area contributed by atoms with Gasteiger partial charge < -0.3 is 24.2 Å². The highest BCUT2D eigenvalue weighted by molar-refractivity contribution is 6.74. The van der Waals surface area contributed by atoms with E-state index in [4.69, 9.17) is 19.6 Å². The molecule has 4 atom stereocenters. The highest BCUT2D eigenvalue weighted by Gasteiger charge is 2.45. The van der Waals surface area contributed by atoms with E-state index in [1.54, 1.807) is 18.2 Å². The number of rotatable bonds is 10. The zero-order chi connectivity index (χ0) is 29.4. The van der Waals surface area contributed by atoms with Gasteiger partial charge in [0.2, 0.25) is 0 Å². The Morgan fingerprint density at radius 2 is 1.95 bits per heavy atom. The van der Waals surface area contributed by atoms with Gasteiger partial charge in [-0.2, -0.15) is 0 Å². The number of nitro groups is 1. The molecule has 1 aliphatic heterocycles. The zero-order valence-electron chi connectivity index (χ0n) is 24.9. The largest absolute Gasteiger partial charge is 0.411 e. The third-order valence-corrected chi connectivity index (χ3v) is 12.8. The van der Waals surface area contributed by atoms with Crippen molar-refractivity contribution in [2.24, 2.45) is 5.92 Å². The molecule has 1 aliphatic rings. The van der Waals surface area contributed by atoms with Gasteiger partial charge in [0.1, 0.15) is 24.0 Å². The van der Waals surface area contributed by atoms with Gasteiger partial charge in [0.25, 0.3) is 5.69 Å². The van der Waals surface area contributed by atoms with Gasteiger partial charge in [-0.15, -0.1) is 0 Å². The summed E-state index contributed by atoms with van der Waals surface area (Å²) in [6, 6.07) is 6.72. The van der Waals surface area contributed by atoms with Gasteiger partial charge in [0, 0.05) is 24.2 Å². The fourth-order valence-corrected chi connectivity index (χ4v) is 6.50. The van der Waals surface area contributed by atoms with E-state index >= 15 is 0 Å². The van der Waals surface area contributed by atoms with Crippen molar-refractivity contribution in [2.75, 3.05) is 5.73 Å². The van der Waals surface area contributed by atoms with Crippen LogP contribution in [0.5, 0.6) is 0 Å². The average molecular weight is 570 g/mol. The van der Waals surface area contributed by atoms with E-state index in [0.29, 0.717) is 28.8 Å². The molecule has 1 saturated heterocycles. The first-order valence-corrected chi connectivity index (χ1v) is 16.9. The maximum Gasteiger partial charge on any atom is 0.275 e. The molecule has 218 valence electrons. The van der Waals surface area contributed by atoms with Crippen LogP contribution in [-0.4, -0.2) is 40.0 Å². The summed E-state index contributed by atoms with van der Waals surface area (Å²) >= 11 is 0. The van der Waals surface area contributed by atoms with Crippen molar-refractivity contribution in [2.45, 2.75) is 104 Å². The third-order valence-electron chi connectivity index (χ3n) is 8.33. The summed E-state index contributed by atoms with van der Waals surface area (Å²) in [6.45, 7) is 17.5. The summed E-state index contributed by atoms with van der Waals surface area (Å²) in [5, 5.41) is 12.5. The number of fused-ring (bicyclic) bond motifs is 1. The Labute approximate surface area is 237 Å². The van der Waals surface area contributed by atoms with Crippen LogP contribution in [-0.2, 0) is 20.5 Å². The first kappa shape index (κ1) is 30.1. The average Bonchev–Trinajstić information content (AvgIpc) is 3.45. The SMILES string of the molecule is CC[C@H]1O[C@@H](n2cc(COC(c3ccccc3[N+](=O)[O-])C(C)C)c3c(N)ncnc32)CC1O[Si](C)(C)C(C)(C)C. The van der Waals surface area contributed by atoms with Crippen LogP contribution in [0.15, 0.2) is 36.8 Å². The van der Waals surface area contributed by atoms with Gasteiger partial charge in [0.15, 0.2) is 8.32 Å². The molecule has 0 radical (unpaired) electrons. The molecular weight excluding hydrogens is 526 g/mol. The van der Waals surface area contributed by atoms with Crippen LogP contribution in [0.4, 0.5) is 11.5 Å². The Morgan fingerprint density at radius 3 is 2.58 bits per heavy atom. The molecule has 3 aromatic rings. The fraction of sp³-hybridized carbons (Fsp3) is 0.586. The van der Waals surface area contributed by atoms with E-state index in [9.17, 15) is 10.1 Å². The number of ether oxygens (including phenoxy) is 2. The fourth-order valence-electron chi connectivity index (χ4n) is 5.14. The predicted octanol–water partition coefficient (Wildman–Crippen LogP) is 6.92. The Morgan fingerprint density at radius 1 is 1.25 bits per heavy atom. The maximum absolute atomic E-state index is 11.7. The molecule has 0 aliphatic carbocycles. The van der Waals surface area contributed by atoms with Crippen molar-refractivity contribution < 1.29 is 18.8 Å². The smallest absolute Gasteiger partial charge is 0.275 e. The Hall–Kier alpha value is -2.86. The van der Waals surface area contributed by atoms with E-state index in [2.05, 4.69) is 50.8 Å². The lowest BCUT2D eigenvalue weighted by Gasteiger charge is -2.39. The number of nitrogens with zero attached hydrogens (tertiary/aromatic N) is 4. The molecule has 1 aromatic carbocycles. The molecule has 40 heavy (non-hydrogen) atoms. The van der Waals surface area contributed by atoms with Crippen molar-refractivity contribution in [1.29, 1.82) is 0 Å². The molecule has 0 saturated carbocycles. The highest BCUT2D eigenvalue weighted by atomic mass is 28.4. The van der Waals surface area contributed by atoms with Crippen LogP contribution < -0.4 is 5.73 Å². The number of nitro benzene ring substituents is 1. The van der Waals surface area contributed by atoms with E-state index < -0.39 is 14.4 Å². The van der Waals surface area contributed by atoms with Crippen LogP contribution in [0.3, 0.4) is 0 Å². The molecule has 11 heteroatoms. The van der Waals surface area contributed by atoms with E-state index in [0.717, 1.165) is 12.0 Å². The van der Waals surface area contributed by atoms with E-state index in [-0.39, 0.29) is 46.6 Å². The van der Waals surface area contributed by atoms with Gasteiger partial charge in [-0.05, 0) is 36.5 Å². The van der Waals surface area contributed by atoms with Crippen molar-refractivity contribution in [1.82, 2.24) is 14.5 Å². The Bertz CT molecular complexity index is 1350. The first-order valence-electron chi connectivity index (χ1n) is 14.0.